The number of fused-ring (bicyclic) bond motifs is 1. The van der Waals surface area contributed by atoms with Gasteiger partial charge in [-0.2, -0.15) is 0 Å². The summed E-state index contributed by atoms with van der Waals surface area (Å²) in [4.78, 5) is 12.9. The Hall–Kier alpha value is -2.61. The lowest BCUT2D eigenvalue weighted by molar-refractivity contribution is 0.00578. The molecule has 0 unspecified atom stereocenters. The molecule has 174 valence electrons. The predicted octanol–water partition coefficient (Wildman–Crippen LogP) is 4.37. The Morgan fingerprint density at radius 2 is 1.67 bits per heavy atom. The number of carbonyl (C=O) groups excluding carboxylic acids is 1. The number of rotatable bonds is 7. The molecule has 6 nitrogen and oxygen atoms in total. The van der Waals surface area contributed by atoms with Crippen molar-refractivity contribution < 1.29 is 23.6 Å². The number of esters is 1. The summed E-state index contributed by atoms with van der Waals surface area (Å²) in [6, 6.07) is 15.9. The van der Waals surface area contributed by atoms with Crippen molar-refractivity contribution in [1.29, 1.82) is 0 Å². The van der Waals surface area contributed by atoms with Gasteiger partial charge in [0.05, 0.1) is 42.3 Å². The molecule has 0 aliphatic carbocycles. The van der Waals surface area contributed by atoms with Gasteiger partial charge >= 0.3 is 13.1 Å². The molecule has 0 saturated carbocycles. The zero-order chi connectivity index (χ0) is 23.8. The molecular formula is C26H32BNO5. The highest BCUT2D eigenvalue weighted by Gasteiger charge is 2.51. The van der Waals surface area contributed by atoms with Crippen molar-refractivity contribution in [3.8, 4) is 0 Å². The highest BCUT2D eigenvalue weighted by atomic mass is 16.7. The van der Waals surface area contributed by atoms with Gasteiger partial charge in [0.1, 0.15) is 0 Å². The minimum atomic E-state index is -0.474. The summed E-state index contributed by atoms with van der Waals surface area (Å²) in [6.07, 6.45) is 0. The zero-order valence-corrected chi connectivity index (χ0v) is 20.3. The van der Waals surface area contributed by atoms with Gasteiger partial charge < -0.3 is 23.3 Å². The van der Waals surface area contributed by atoms with Crippen LogP contribution in [0, 0.1) is 0 Å². The van der Waals surface area contributed by atoms with Crippen LogP contribution in [-0.4, -0.2) is 35.5 Å². The van der Waals surface area contributed by atoms with Crippen LogP contribution < -0.4 is 5.46 Å². The summed E-state index contributed by atoms with van der Waals surface area (Å²) < 4.78 is 25.8. The summed E-state index contributed by atoms with van der Waals surface area (Å²) >= 11 is 0. The van der Waals surface area contributed by atoms with E-state index in [-0.39, 0.29) is 5.97 Å². The fourth-order valence-electron chi connectivity index (χ4n) is 4.07. The van der Waals surface area contributed by atoms with E-state index in [4.69, 9.17) is 18.8 Å². The first-order chi connectivity index (χ1) is 15.6. The maximum atomic E-state index is 12.9. The van der Waals surface area contributed by atoms with E-state index >= 15 is 0 Å². The van der Waals surface area contributed by atoms with Gasteiger partial charge in [-0.05, 0) is 51.7 Å². The first-order valence-electron chi connectivity index (χ1n) is 11.4. The third kappa shape index (κ3) is 4.45. The van der Waals surface area contributed by atoms with E-state index in [0.717, 1.165) is 27.6 Å². The Morgan fingerprint density at radius 1 is 1.00 bits per heavy atom. The van der Waals surface area contributed by atoms with Gasteiger partial charge in [-0.15, -0.1) is 0 Å². The molecule has 0 spiro atoms. The lowest BCUT2D eigenvalue weighted by atomic mass is 9.78. The summed E-state index contributed by atoms with van der Waals surface area (Å²) in [5.74, 6) is -0.343. The first kappa shape index (κ1) is 23.5. The van der Waals surface area contributed by atoms with E-state index in [0.29, 0.717) is 25.4 Å². The van der Waals surface area contributed by atoms with Gasteiger partial charge in [0.15, 0.2) is 0 Å². The maximum absolute atomic E-state index is 12.9. The van der Waals surface area contributed by atoms with E-state index in [2.05, 4.69) is 0 Å². The number of ether oxygens (including phenoxy) is 2. The second-order valence-electron chi connectivity index (χ2n) is 9.44. The number of aromatic nitrogens is 1. The number of benzene rings is 2. The largest absolute Gasteiger partial charge is 0.494 e. The SMILES string of the molecule is CCOC(=O)c1c(COCc2ccccc2)n(C)c2cc(B3OC(C)(C)C(C)(C)O3)ccc12. The number of nitrogens with zero attached hydrogens (tertiary/aromatic N) is 1. The Balaban J connectivity index is 1.68. The van der Waals surface area contributed by atoms with Crippen LogP contribution in [0.25, 0.3) is 10.9 Å². The van der Waals surface area contributed by atoms with Crippen LogP contribution in [0.5, 0.6) is 0 Å². The molecule has 0 N–H and O–H groups in total. The highest BCUT2D eigenvalue weighted by Crippen LogP contribution is 2.37. The normalized spacial score (nSPS) is 17.0. The molecule has 33 heavy (non-hydrogen) atoms. The van der Waals surface area contributed by atoms with E-state index < -0.39 is 18.3 Å². The fraction of sp³-hybridized carbons (Fsp3) is 0.423. The van der Waals surface area contributed by atoms with Crippen LogP contribution in [0.1, 0.15) is 56.2 Å². The third-order valence-electron chi connectivity index (χ3n) is 6.70. The van der Waals surface area contributed by atoms with Crippen molar-refractivity contribution in [2.24, 2.45) is 7.05 Å². The van der Waals surface area contributed by atoms with Crippen LogP contribution in [-0.2, 0) is 39.0 Å². The van der Waals surface area contributed by atoms with Crippen molar-refractivity contribution in [2.45, 2.75) is 59.0 Å². The average Bonchev–Trinajstić information content (AvgIpc) is 3.17. The van der Waals surface area contributed by atoms with Gasteiger partial charge in [-0.1, -0.05) is 42.5 Å². The van der Waals surface area contributed by atoms with E-state index in [1.807, 2.05) is 94.8 Å². The molecule has 0 atom stereocenters. The maximum Gasteiger partial charge on any atom is 0.494 e. The Bertz CT molecular complexity index is 1140. The number of carbonyl (C=O) groups is 1. The monoisotopic (exact) mass is 449 g/mol. The minimum absolute atomic E-state index is 0.292. The van der Waals surface area contributed by atoms with Gasteiger partial charge in [0.2, 0.25) is 0 Å². The van der Waals surface area contributed by atoms with Crippen molar-refractivity contribution in [3.05, 3.63) is 65.4 Å². The Kier molecular flexibility index (Phi) is 6.40. The second-order valence-corrected chi connectivity index (χ2v) is 9.44. The quantitative estimate of drug-likeness (QED) is 0.396. The van der Waals surface area contributed by atoms with Gasteiger partial charge in [-0.25, -0.2) is 4.79 Å². The molecule has 3 aromatic rings. The summed E-state index contributed by atoms with van der Waals surface area (Å²) in [5, 5.41) is 0.828. The number of hydrogen-bond acceptors (Lipinski definition) is 5. The van der Waals surface area contributed by atoms with Gasteiger partial charge in [0, 0.05) is 18.0 Å². The molecule has 1 fully saturated rings. The van der Waals surface area contributed by atoms with Crippen molar-refractivity contribution >= 4 is 29.5 Å². The molecule has 2 aromatic carbocycles. The second kappa shape index (κ2) is 8.97. The number of hydrogen-bond donors (Lipinski definition) is 0. The highest BCUT2D eigenvalue weighted by molar-refractivity contribution is 6.62. The molecule has 1 aromatic heterocycles. The topological polar surface area (TPSA) is 58.9 Å². The van der Waals surface area contributed by atoms with Crippen molar-refractivity contribution in [1.82, 2.24) is 4.57 Å². The molecule has 0 bridgehead atoms. The molecule has 1 saturated heterocycles. The molecule has 4 rings (SSSR count). The molecule has 1 aliphatic rings. The molecule has 0 amide bonds. The average molecular weight is 449 g/mol. The standard InChI is InChI=1S/C26H32BNO5/c1-7-31-24(29)23-20-14-13-19(27-32-25(2,3)26(4,5)33-27)15-21(20)28(6)22(23)17-30-16-18-11-9-8-10-12-18/h8-15H,7,16-17H2,1-6H3. The third-order valence-corrected chi connectivity index (χ3v) is 6.70. The molecule has 7 heteroatoms. The Labute approximate surface area is 195 Å². The molecule has 1 aliphatic heterocycles. The van der Waals surface area contributed by atoms with E-state index in [1.165, 1.54) is 0 Å². The summed E-state index contributed by atoms with van der Waals surface area (Å²) in [5.41, 5.74) is 3.38. The van der Waals surface area contributed by atoms with E-state index in [1.54, 1.807) is 0 Å². The van der Waals surface area contributed by atoms with Crippen LogP contribution in [0.2, 0.25) is 0 Å². The molecular weight excluding hydrogens is 417 g/mol. The molecule has 2 heterocycles. The first-order valence-corrected chi connectivity index (χ1v) is 11.4. The fourth-order valence-corrected chi connectivity index (χ4v) is 4.07. The smallest absolute Gasteiger partial charge is 0.462 e. The van der Waals surface area contributed by atoms with Crippen LogP contribution >= 0.6 is 0 Å². The van der Waals surface area contributed by atoms with Crippen LogP contribution in [0.4, 0.5) is 0 Å². The van der Waals surface area contributed by atoms with Gasteiger partial charge in [-0.3, -0.25) is 0 Å². The summed E-state index contributed by atoms with van der Waals surface area (Å²) in [7, 11) is 1.47. The lowest BCUT2D eigenvalue weighted by Gasteiger charge is -2.32. The van der Waals surface area contributed by atoms with Crippen molar-refractivity contribution in [3.63, 3.8) is 0 Å². The lowest BCUT2D eigenvalue weighted by Crippen LogP contribution is -2.41. The summed E-state index contributed by atoms with van der Waals surface area (Å²) in [6.45, 7) is 11.0. The number of aryl methyl sites for hydroxylation is 1. The zero-order valence-electron chi connectivity index (χ0n) is 20.3. The minimum Gasteiger partial charge on any atom is -0.462 e. The van der Waals surface area contributed by atoms with Crippen LogP contribution in [0.3, 0.4) is 0 Å². The Morgan fingerprint density at radius 3 is 2.30 bits per heavy atom. The predicted molar refractivity (Wildman–Crippen MR) is 130 cm³/mol. The van der Waals surface area contributed by atoms with Crippen LogP contribution in [0.15, 0.2) is 48.5 Å². The van der Waals surface area contributed by atoms with Gasteiger partial charge in [0.25, 0.3) is 0 Å². The molecule has 0 radical (unpaired) electrons. The van der Waals surface area contributed by atoms with E-state index in [9.17, 15) is 4.79 Å². The van der Waals surface area contributed by atoms with Crippen molar-refractivity contribution in [2.75, 3.05) is 6.61 Å².